The Kier molecular flexibility index (Phi) is 4.55. The maximum atomic E-state index is 8.96. The zero-order valence-corrected chi connectivity index (χ0v) is 12.1. The Morgan fingerprint density at radius 3 is 2.15 bits per heavy atom. The Balaban J connectivity index is 1.95. The molecule has 0 aliphatic carbocycles. The maximum Gasteiger partial charge on any atom is 0.0697 e. The van der Waals surface area contributed by atoms with Crippen molar-refractivity contribution in [2.75, 3.05) is 6.54 Å². The van der Waals surface area contributed by atoms with E-state index in [1.807, 2.05) is 19.9 Å². The zero-order chi connectivity index (χ0) is 14.4. The highest BCUT2D eigenvalue weighted by molar-refractivity contribution is 5.63. The van der Waals surface area contributed by atoms with Gasteiger partial charge in [-0.3, -0.25) is 0 Å². The van der Waals surface area contributed by atoms with E-state index < -0.39 is 0 Å². The van der Waals surface area contributed by atoms with E-state index >= 15 is 0 Å². The van der Waals surface area contributed by atoms with Crippen LogP contribution in [0, 0.1) is 16.7 Å². The van der Waals surface area contributed by atoms with Crippen molar-refractivity contribution >= 4 is 0 Å². The molecule has 2 nitrogen and oxygen atoms in total. The Morgan fingerprint density at radius 1 is 0.950 bits per heavy atom. The first-order chi connectivity index (χ1) is 9.61. The van der Waals surface area contributed by atoms with Crippen LogP contribution >= 0.6 is 0 Å². The molecular weight excluding hydrogens is 244 g/mol. The van der Waals surface area contributed by atoms with Gasteiger partial charge in [0.25, 0.3) is 0 Å². The molecule has 20 heavy (non-hydrogen) atoms. The van der Waals surface area contributed by atoms with E-state index in [4.69, 9.17) is 5.26 Å². The molecular formula is C18H20N2. The first kappa shape index (κ1) is 14.3. The van der Waals surface area contributed by atoms with Gasteiger partial charge in [0.15, 0.2) is 0 Å². The third-order valence-electron chi connectivity index (χ3n) is 3.26. The minimum Gasteiger partial charge on any atom is -0.311 e. The van der Waals surface area contributed by atoms with Crippen molar-refractivity contribution in [1.29, 1.82) is 5.26 Å². The van der Waals surface area contributed by atoms with Crippen LogP contribution in [0.3, 0.4) is 0 Å². The van der Waals surface area contributed by atoms with Crippen molar-refractivity contribution < 1.29 is 0 Å². The largest absolute Gasteiger partial charge is 0.311 e. The van der Waals surface area contributed by atoms with E-state index in [0.717, 1.165) is 6.54 Å². The highest BCUT2D eigenvalue weighted by atomic mass is 14.9. The molecule has 0 radical (unpaired) electrons. The molecule has 2 aromatic carbocycles. The first-order valence-electron chi connectivity index (χ1n) is 6.87. The summed E-state index contributed by atoms with van der Waals surface area (Å²) in [6, 6.07) is 21.2. The number of hydrogen-bond acceptors (Lipinski definition) is 2. The van der Waals surface area contributed by atoms with Crippen LogP contribution in [0.1, 0.15) is 19.4 Å². The molecule has 0 atom stereocenters. The van der Waals surface area contributed by atoms with Crippen LogP contribution in [0.5, 0.6) is 0 Å². The summed E-state index contributed by atoms with van der Waals surface area (Å²) in [4.78, 5) is 0. The lowest BCUT2D eigenvalue weighted by molar-refractivity contribution is 0.445. The number of nitrogens with zero attached hydrogens (tertiary/aromatic N) is 1. The second kappa shape index (κ2) is 6.36. The van der Waals surface area contributed by atoms with Crippen LogP contribution < -0.4 is 5.32 Å². The Morgan fingerprint density at radius 2 is 1.55 bits per heavy atom. The Hall–Kier alpha value is -2.11. The smallest absolute Gasteiger partial charge is 0.0697 e. The summed E-state index contributed by atoms with van der Waals surface area (Å²) >= 11 is 0. The monoisotopic (exact) mass is 264 g/mol. The Bertz CT molecular complexity index is 577. The minimum atomic E-state index is -0.315. The molecule has 1 N–H and O–H groups in total. The average molecular weight is 264 g/mol. The van der Waals surface area contributed by atoms with Gasteiger partial charge >= 0.3 is 0 Å². The van der Waals surface area contributed by atoms with Crippen molar-refractivity contribution in [3.05, 3.63) is 60.2 Å². The van der Waals surface area contributed by atoms with E-state index in [2.05, 4.69) is 59.9 Å². The summed E-state index contributed by atoms with van der Waals surface area (Å²) < 4.78 is 0. The highest BCUT2D eigenvalue weighted by Crippen LogP contribution is 2.19. The average Bonchev–Trinajstić information content (AvgIpc) is 2.49. The van der Waals surface area contributed by atoms with Gasteiger partial charge in [-0.2, -0.15) is 5.26 Å². The molecule has 0 heterocycles. The number of hydrogen-bond donors (Lipinski definition) is 1. The molecule has 0 aliphatic heterocycles. The minimum absolute atomic E-state index is 0.315. The fraction of sp³-hybridized carbons (Fsp3) is 0.278. The molecule has 0 spiro atoms. The van der Waals surface area contributed by atoms with Gasteiger partial charge in [0.1, 0.15) is 0 Å². The second-order valence-corrected chi connectivity index (χ2v) is 5.66. The van der Waals surface area contributed by atoms with Crippen LogP contribution in [0.2, 0.25) is 0 Å². The fourth-order valence-electron chi connectivity index (χ4n) is 2.00. The van der Waals surface area contributed by atoms with Gasteiger partial charge in [-0.05, 0) is 30.5 Å². The van der Waals surface area contributed by atoms with Gasteiger partial charge in [-0.25, -0.2) is 0 Å². The van der Waals surface area contributed by atoms with Crippen LogP contribution in [0.15, 0.2) is 54.6 Å². The lowest BCUT2D eigenvalue weighted by atomic mass is 9.96. The normalized spacial score (nSPS) is 11.1. The third-order valence-corrected chi connectivity index (χ3v) is 3.26. The van der Waals surface area contributed by atoms with E-state index in [1.165, 1.54) is 16.7 Å². The van der Waals surface area contributed by atoms with Gasteiger partial charge in [-0.15, -0.1) is 0 Å². The number of rotatable bonds is 5. The third kappa shape index (κ3) is 3.94. The first-order valence-corrected chi connectivity index (χ1v) is 6.87. The quantitative estimate of drug-likeness (QED) is 0.886. The summed E-state index contributed by atoms with van der Waals surface area (Å²) in [5.74, 6) is 0. The van der Waals surface area contributed by atoms with Crippen molar-refractivity contribution in [2.45, 2.75) is 20.4 Å². The lowest BCUT2D eigenvalue weighted by Gasteiger charge is -2.15. The molecule has 2 aromatic rings. The molecule has 0 aliphatic rings. The number of nitrogens with one attached hydrogen (secondary N) is 1. The predicted octanol–water partition coefficient (Wildman–Crippen LogP) is 3.99. The summed E-state index contributed by atoms with van der Waals surface area (Å²) in [7, 11) is 0. The van der Waals surface area contributed by atoms with E-state index in [-0.39, 0.29) is 5.41 Å². The number of benzene rings is 2. The summed E-state index contributed by atoms with van der Waals surface area (Å²) in [5, 5.41) is 12.3. The maximum absolute atomic E-state index is 8.96. The van der Waals surface area contributed by atoms with Crippen molar-refractivity contribution in [2.24, 2.45) is 5.41 Å². The van der Waals surface area contributed by atoms with Crippen molar-refractivity contribution in [3.63, 3.8) is 0 Å². The molecule has 0 unspecified atom stereocenters. The van der Waals surface area contributed by atoms with E-state index in [9.17, 15) is 0 Å². The SMILES string of the molecule is CC(C)(C#N)CNCc1ccc(-c2ccccc2)cc1. The molecule has 0 fully saturated rings. The molecule has 2 heteroatoms. The van der Waals surface area contributed by atoms with Gasteiger partial charge < -0.3 is 5.32 Å². The van der Waals surface area contributed by atoms with Crippen LogP contribution in [0.25, 0.3) is 11.1 Å². The van der Waals surface area contributed by atoms with Crippen LogP contribution in [0.4, 0.5) is 0 Å². The molecule has 0 aromatic heterocycles. The summed E-state index contributed by atoms with van der Waals surface area (Å²) in [5.41, 5.74) is 3.38. The van der Waals surface area contributed by atoms with Crippen LogP contribution in [-0.4, -0.2) is 6.54 Å². The van der Waals surface area contributed by atoms with Crippen molar-refractivity contribution in [3.8, 4) is 17.2 Å². The lowest BCUT2D eigenvalue weighted by Crippen LogP contribution is -2.27. The standard InChI is InChI=1S/C18H20N2/c1-18(2,13-19)14-20-12-15-8-10-17(11-9-15)16-6-4-3-5-7-16/h3-11,20H,12,14H2,1-2H3. The molecule has 0 bridgehead atoms. The van der Waals surface area contributed by atoms with Gasteiger partial charge in [-0.1, -0.05) is 54.6 Å². The zero-order valence-electron chi connectivity index (χ0n) is 12.1. The van der Waals surface area contributed by atoms with Gasteiger partial charge in [0, 0.05) is 13.1 Å². The summed E-state index contributed by atoms with van der Waals surface area (Å²) in [6.07, 6.45) is 0. The summed E-state index contributed by atoms with van der Waals surface area (Å²) in [6.45, 7) is 5.38. The molecule has 0 saturated heterocycles. The van der Waals surface area contributed by atoms with Crippen LogP contribution in [-0.2, 0) is 6.54 Å². The fourth-order valence-corrected chi connectivity index (χ4v) is 2.00. The second-order valence-electron chi connectivity index (χ2n) is 5.66. The van der Waals surface area contributed by atoms with Crippen molar-refractivity contribution in [1.82, 2.24) is 5.32 Å². The topological polar surface area (TPSA) is 35.8 Å². The molecule has 0 saturated carbocycles. The van der Waals surface area contributed by atoms with Gasteiger partial charge in [0.2, 0.25) is 0 Å². The molecule has 2 rings (SSSR count). The van der Waals surface area contributed by atoms with E-state index in [1.54, 1.807) is 0 Å². The molecule has 102 valence electrons. The number of nitriles is 1. The predicted molar refractivity (Wildman–Crippen MR) is 83.0 cm³/mol. The highest BCUT2D eigenvalue weighted by Gasteiger charge is 2.15. The van der Waals surface area contributed by atoms with Gasteiger partial charge in [0.05, 0.1) is 11.5 Å². The molecule has 0 amide bonds. The Labute approximate surface area is 121 Å². The van der Waals surface area contributed by atoms with E-state index in [0.29, 0.717) is 6.54 Å².